The zero-order valence-electron chi connectivity index (χ0n) is 13.3. The molecule has 23 heavy (non-hydrogen) atoms. The third-order valence-corrected chi connectivity index (χ3v) is 4.06. The van der Waals surface area contributed by atoms with E-state index in [2.05, 4.69) is 15.4 Å². The number of aromatic nitrogens is 4. The van der Waals surface area contributed by atoms with Gasteiger partial charge in [-0.25, -0.2) is 4.98 Å². The van der Waals surface area contributed by atoms with Gasteiger partial charge < -0.3 is 14.8 Å². The smallest absolute Gasteiger partial charge is 0.315 e. The van der Waals surface area contributed by atoms with Crippen molar-refractivity contribution in [3.8, 4) is 0 Å². The van der Waals surface area contributed by atoms with Crippen LogP contribution >= 0.6 is 0 Å². The molecule has 1 aliphatic heterocycles. The Balaban J connectivity index is 1.66. The van der Waals surface area contributed by atoms with Crippen LogP contribution in [0, 0.1) is 6.92 Å². The largest absolute Gasteiger partial charge is 0.335 e. The fourth-order valence-corrected chi connectivity index (χ4v) is 2.96. The van der Waals surface area contributed by atoms with Crippen LogP contribution in [0.4, 0.5) is 5.82 Å². The van der Waals surface area contributed by atoms with Gasteiger partial charge in [0, 0.05) is 38.6 Å². The van der Waals surface area contributed by atoms with Crippen LogP contribution in [0.1, 0.15) is 18.5 Å². The van der Waals surface area contributed by atoms with Gasteiger partial charge >= 0.3 is 11.8 Å². The molecule has 0 aliphatic carbocycles. The molecule has 8 nitrogen and oxygen atoms in total. The predicted octanol–water partition coefficient (Wildman–Crippen LogP) is 0.555. The van der Waals surface area contributed by atoms with Gasteiger partial charge in [0.15, 0.2) is 0 Å². The Kier molecular flexibility index (Phi) is 4.14. The number of anilines is 1. The van der Waals surface area contributed by atoms with Gasteiger partial charge in [-0.3, -0.25) is 14.3 Å². The Morgan fingerprint density at radius 3 is 2.91 bits per heavy atom. The fraction of sp³-hybridized carbons (Fsp3) is 0.467. The summed E-state index contributed by atoms with van der Waals surface area (Å²) >= 11 is 0. The molecule has 0 radical (unpaired) electrons. The number of imidazole rings is 1. The van der Waals surface area contributed by atoms with Crippen molar-refractivity contribution >= 4 is 17.6 Å². The van der Waals surface area contributed by atoms with Crippen LogP contribution in [-0.4, -0.2) is 48.6 Å². The highest BCUT2D eigenvalue weighted by molar-refractivity contribution is 6.39. The average Bonchev–Trinajstić information content (AvgIpc) is 3.22. The van der Waals surface area contributed by atoms with E-state index in [9.17, 15) is 9.59 Å². The summed E-state index contributed by atoms with van der Waals surface area (Å²) in [4.78, 5) is 30.4. The summed E-state index contributed by atoms with van der Waals surface area (Å²) in [5.41, 5.74) is 0.786. The molecule has 2 aromatic heterocycles. The minimum absolute atomic E-state index is 0.0238. The first-order valence-corrected chi connectivity index (χ1v) is 7.63. The quantitative estimate of drug-likeness (QED) is 0.838. The molecule has 2 aromatic rings. The number of nitrogens with zero attached hydrogens (tertiary/aromatic N) is 5. The van der Waals surface area contributed by atoms with Crippen molar-refractivity contribution in [2.45, 2.75) is 32.4 Å². The number of hydrogen-bond donors (Lipinski definition) is 1. The second-order valence-corrected chi connectivity index (χ2v) is 5.80. The van der Waals surface area contributed by atoms with Crippen LogP contribution in [0.15, 0.2) is 24.8 Å². The number of aryl methyl sites for hydroxylation is 2. The van der Waals surface area contributed by atoms with Crippen LogP contribution in [0.3, 0.4) is 0 Å². The number of nitrogens with one attached hydrogen (secondary N) is 1. The number of carbonyl (C=O) groups excluding carboxylic acids is 2. The molecular weight excluding hydrogens is 296 g/mol. The summed E-state index contributed by atoms with van der Waals surface area (Å²) in [6.07, 6.45) is 7.09. The molecule has 1 atom stereocenters. The van der Waals surface area contributed by atoms with Gasteiger partial charge in [-0.1, -0.05) is 0 Å². The maximum atomic E-state index is 12.5. The molecule has 0 spiro atoms. The second-order valence-electron chi connectivity index (χ2n) is 5.80. The molecule has 2 amide bonds. The standard InChI is InChI=1S/C15H20N6O2/c1-11-8-13(19(2)18-11)17-14(22)15(23)21-6-3-4-12(21)9-20-7-5-16-10-20/h5,7-8,10,12H,3-4,6,9H2,1-2H3,(H,17,22)/t12-/m0/s1. The lowest BCUT2D eigenvalue weighted by Gasteiger charge is -2.24. The highest BCUT2D eigenvalue weighted by Gasteiger charge is 2.32. The molecule has 3 rings (SSSR count). The minimum Gasteiger partial charge on any atom is -0.335 e. The zero-order chi connectivity index (χ0) is 16.4. The topological polar surface area (TPSA) is 85.0 Å². The van der Waals surface area contributed by atoms with Gasteiger partial charge in [-0.15, -0.1) is 0 Å². The minimum atomic E-state index is -0.620. The average molecular weight is 316 g/mol. The van der Waals surface area contributed by atoms with E-state index in [0.29, 0.717) is 18.9 Å². The van der Waals surface area contributed by atoms with E-state index in [1.165, 1.54) is 0 Å². The van der Waals surface area contributed by atoms with E-state index in [4.69, 9.17) is 0 Å². The maximum Gasteiger partial charge on any atom is 0.315 e. The van der Waals surface area contributed by atoms with Crippen molar-refractivity contribution < 1.29 is 9.59 Å². The first kappa shape index (κ1) is 15.3. The normalized spacial score (nSPS) is 17.5. The van der Waals surface area contributed by atoms with Gasteiger partial charge in [0.2, 0.25) is 0 Å². The first-order valence-electron chi connectivity index (χ1n) is 7.63. The molecule has 0 unspecified atom stereocenters. The van der Waals surface area contributed by atoms with E-state index in [-0.39, 0.29) is 6.04 Å². The number of carbonyl (C=O) groups is 2. The second kappa shape index (κ2) is 6.23. The highest BCUT2D eigenvalue weighted by atomic mass is 16.2. The summed E-state index contributed by atoms with van der Waals surface area (Å²) in [6.45, 7) is 3.10. The Morgan fingerprint density at radius 1 is 1.43 bits per heavy atom. The van der Waals surface area contributed by atoms with Crippen LogP contribution in [0.2, 0.25) is 0 Å². The highest BCUT2D eigenvalue weighted by Crippen LogP contribution is 2.19. The van der Waals surface area contributed by atoms with Crippen molar-refractivity contribution in [1.29, 1.82) is 0 Å². The molecule has 1 aliphatic rings. The van der Waals surface area contributed by atoms with Crippen molar-refractivity contribution in [2.24, 2.45) is 7.05 Å². The molecule has 1 N–H and O–H groups in total. The van der Waals surface area contributed by atoms with Crippen LogP contribution in [0.25, 0.3) is 0 Å². The Labute approximate surface area is 134 Å². The lowest BCUT2D eigenvalue weighted by Crippen LogP contribution is -2.44. The maximum absolute atomic E-state index is 12.5. The first-order chi connectivity index (χ1) is 11.0. The molecular formula is C15H20N6O2. The molecule has 0 bridgehead atoms. The lowest BCUT2D eigenvalue weighted by molar-refractivity contribution is -0.143. The van der Waals surface area contributed by atoms with Crippen LogP contribution in [-0.2, 0) is 23.2 Å². The van der Waals surface area contributed by atoms with Gasteiger partial charge in [0.05, 0.1) is 18.1 Å². The summed E-state index contributed by atoms with van der Waals surface area (Å²) in [5, 5.41) is 6.79. The molecule has 0 aromatic carbocycles. The third kappa shape index (κ3) is 3.25. The zero-order valence-corrected chi connectivity index (χ0v) is 13.3. The van der Waals surface area contributed by atoms with E-state index < -0.39 is 11.8 Å². The molecule has 8 heteroatoms. The van der Waals surface area contributed by atoms with Crippen molar-refractivity contribution in [3.05, 3.63) is 30.5 Å². The van der Waals surface area contributed by atoms with Gasteiger partial charge in [0.25, 0.3) is 0 Å². The van der Waals surface area contributed by atoms with Crippen LogP contribution in [0.5, 0.6) is 0 Å². The Morgan fingerprint density at radius 2 is 2.26 bits per heavy atom. The van der Waals surface area contributed by atoms with Crippen molar-refractivity contribution in [3.63, 3.8) is 0 Å². The predicted molar refractivity (Wildman–Crippen MR) is 83.5 cm³/mol. The van der Waals surface area contributed by atoms with E-state index in [1.807, 2.05) is 17.7 Å². The van der Waals surface area contributed by atoms with Crippen molar-refractivity contribution in [2.75, 3.05) is 11.9 Å². The van der Waals surface area contributed by atoms with E-state index in [1.54, 1.807) is 35.2 Å². The number of amides is 2. The van der Waals surface area contributed by atoms with Crippen LogP contribution < -0.4 is 5.32 Å². The lowest BCUT2D eigenvalue weighted by atomic mass is 10.2. The van der Waals surface area contributed by atoms with Gasteiger partial charge in [-0.05, 0) is 19.8 Å². The molecule has 3 heterocycles. The third-order valence-electron chi connectivity index (χ3n) is 4.06. The number of rotatable bonds is 3. The summed E-state index contributed by atoms with van der Waals surface area (Å²) in [5.74, 6) is -0.594. The fourth-order valence-electron chi connectivity index (χ4n) is 2.96. The monoisotopic (exact) mass is 316 g/mol. The Bertz CT molecular complexity index is 706. The van der Waals surface area contributed by atoms with E-state index in [0.717, 1.165) is 18.5 Å². The van der Waals surface area contributed by atoms with E-state index >= 15 is 0 Å². The van der Waals surface area contributed by atoms with Gasteiger partial charge in [-0.2, -0.15) is 5.10 Å². The number of hydrogen-bond acceptors (Lipinski definition) is 4. The summed E-state index contributed by atoms with van der Waals surface area (Å²) < 4.78 is 3.48. The summed E-state index contributed by atoms with van der Waals surface area (Å²) in [7, 11) is 1.73. The molecule has 1 saturated heterocycles. The number of likely N-dealkylation sites (tertiary alicyclic amines) is 1. The van der Waals surface area contributed by atoms with Gasteiger partial charge in [0.1, 0.15) is 5.82 Å². The molecule has 122 valence electrons. The SMILES string of the molecule is Cc1cc(NC(=O)C(=O)N2CCC[C@H]2Cn2ccnc2)n(C)n1. The molecule has 0 saturated carbocycles. The van der Waals surface area contributed by atoms with Crippen molar-refractivity contribution in [1.82, 2.24) is 24.2 Å². The molecule has 1 fully saturated rings. The Hall–Kier alpha value is -2.64. The summed E-state index contributed by atoms with van der Waals surface area (Å²) in [6, 6.07) is 1.76.